The van der Waals surface area contributed by atoms with Crippen molar-refractivity contribution in [3.63, 3.8) is 0 Å². The van der Waals surface area contributed by atoms with E-state index < -0.39 is 42.2 Å². The highest BCUT2D eigenvalue weighted by Gasteiger charge is 2.37. The van der Waals surface area contributed by atoms with E-state index in [2.05, 4.69) is 0 Å². The van der Waals surface area contributed by atoms with Gasteiger partial charge < -0.3 is 39.4 Å². The number of carboxylic acids is 1. The zero-order valence-electron chi connectivity index (χ0n) is 31.2. The van der Waals surface area contributed by atoms with Crippen LogP contribution in [0.25, 0.3) is 33.5 Å². The first-order chi connectivity index (χ1) is 27.9. The third kappa shape index (κ3) is 8.46. The number of aliphatic carboxylic acids is 1. The Hall–Kier alpha value is -5.67. The smallest absolute Gasteiger partial charge is 0.339 e. The summed E-state index contributed by atoms with van der Waals surface area (Å²) in [5.74, 6) is -2.88. The second-order valence-electron chi connectivity index (χ2n) is 14.5. The number of aldehydes is 1. The maximum Gasteiger partial charge on any atom is 0.339 e. The number of carbonyl (C=O) groups is 4. The van der Waals surface area contributed by atoms with E-state index in [1.807, 2.05) is 34.9 Å². The van der Waals surface area contributed by atoms with Gasteiger partial charge in [-0.25, -0.2) is 19.0 Å². The summed E-state index contributed by atoms with van der Waals surface area (Å²) in [5, 5.41) is 39.4. The van der Waals surface area contributed by atoms with Crippen LogP contribution in [0.1, 0.15) is 66.9 Å². The maximum absolute atomic E-state index is 16.3. The number of imidazole rings is 1. The number of hydrogen-bond donors (Lipinski definition) is 4. The number of nitrogens with zero attached hydrogens (tertiary/aromatic N) is 3. The molecule has 5 aromatic rings. The van der Waals surface area contributed by atoms with Gasteiger partial charge in [-0.05, 0) is 90.6 Å². The third-order valence-corrected chi connectivity index (χ3v) is 11.0. The van der Waals surface area contributed by atoms with Crippen molar-refractivity contribution in [2.75, 3.05) is 11.4 Å². The Balaban J connectivity index is 1.17. The number of ether oxygens (including phenoxy) is 2. The summed E-state index contributed by atoms with van der Waals surface area (Å²) in [6, 6.07) is 22.1. The fraction of sp³-hybridized carbons (Fsp3) is 0.326. The van der Waals surface area contributed by atoms with Gasteiger partial charge in [0.25, 0.3) is 0 Å². The van der Waals surface area contributed by atoms with Crippen LogP contribution in [-0.2, 0) is 25.7 Å². The molecule has 4 aromatic carbocycles. The van der Waals surface area contributed by atoms with Crippen LogP contribution in [0.4, 0.5) is 10.1 Å². The van der Waals surface area contributed by atoms with E-state index >= 15 is 4.39 Å². The minimum absolute atomic E-state index is 0.0113. The number of aliphatic hydroxyl groups is 3. The summed E-state index contributed by atoms with van der Waals surface area (Å²) in [4.78, 5) is 54.9. The molecule has 2 aliphatic rings. The molecule has 0 radical (unpaired) electrons. The summed E-state index contributed by atoms with van der Waals surface area (Å²) in [5.41, 5.74) is 4.39. The number of benzene rings is 4. The summed E-state index contributed by atoms with van der Waals surface area (Å²) >= 11 is 6.16. The molecule has 15 heteroatoms. The highest BCUT2D eigenvalue weighted by Crippen LogP contribution is 2.38. The number of carbonyl (C=O) groups excluding carboxylic acids is 3. The van der Waals surface area contributed by atoms with Crippen LogP contribution in [0, 0.1) is 5.82 Å². The van der Waals surface area contributed by atoms with Crippen molar-refractivity contribution in [3.8, 4) is 28.3 Å². The predicted molar refractivity (Wildman–Crippen MR) is 211 cm³/mol. The Morgan fingerprint density at radius 1 is 0.914 bits per heavy atom. The summed E-state index contributed by atoms with van der Waals surface area (Å²) in [6.45, 7) is 0.702. The molecule has 1 saturated carbocycles. The molecule has 2 fully saturated rings. The number of aliphatic hydroxyl groups excluding tert-OH is 3. The summed E-state index contributed by atoms with van der Waals surface area (Å²) < 4.78 is 29.5. The average Bonchev–Trinajstić information content (AvgIpc) is 3.84. The summed E-state index contributed by atoms with van der Waals surface area (Å²) in [7, 11) is 0. The molecule has 1 amide bonds. The van der Waals surface area contributed by atoms with Gasteiger partial charge in [0.15, 0.2) is 18.5 Å². The van der Waals surface area contributed by atoms with Gasteiger partial charge in [0.2, 0.25) is 5.91 Å². The molecule has 1 aliphatic carbocycles. The lowest BCUT2D eigenvalue weighted by Gasteiger charge is -2.26. The summed E-state index contributed by atoms with van der Waals surface area (Å²) in [6.07, 6.45) is -3.08. The Morgan fingerprint density at radius 3 is 2.33 bits per heavy atom. The standard InChI is InChI=1S/C43H41ClFN3O10/c44-27-11-8-24(9-12-27)31-15-13-29(47-18-4-7-37(47)50)19-26(31)23-57-30-14-16-32(33(45)21-30)41-46-34-20-25(10-17-35(34)48(41)28-5-2-1-3-6-28)43(56)58-36(22-49)38(51)39(52)40(53)42(54)55/h8-17,19-22,28,36,38-40,51-53H,1-7,18,23H2,(H,54,55)/t36-,38+,39-,40-/m0/s1. The second kappa shape index (κ2) is 17.4. The quantitative estimate of drug-likeness (QED) is 0.0731. The van der Waals surface area contributed by atoms with Gasteiger partial charge in [-0.3, -0.25) is 9.59 Å². The molecule has 58 heavy (non-hydrogen) atoms. The van der Waals surface area contributed by atoms with Crippen molar-refractivity contribution in [1.82, 2.24) is 9.55 Å². The first-order valence-corrected chi connectivity index (χ1v) is 19.4. The highest BCUT2D eigenvalue weighted by molar-refractivity contribution is 6.30. The number of amides is 1. The number of esters is 1. The van der Waals surface area contributed by atoms with Crippen LogP contribution in [0.15, 0.2) is 78.9 Å². The number of fused-ring (bicyclic) bond motifs is 1. The molecule has 0 spiro atoms. The Morgan fingerprint density at radius 2 is 1.66 bits per heavy atom. The number of aromatic nitrogens is 2. The van der Waals surface area contributed by atoms with E-state index in [1.165, 1.54) is 18.2 Å². The molecule has 302 valence electrons. The van der Waals surface area contributed by atoms with Crippen molar-refractivity contribution >= 4 is 52.5 Å². The van der Waals surface area contributed by atoms with Gasteiger partial charge in [0.1, 0.15) is 36.2 Å². The van der Waals surface area contributed by atoms with E-state index in [4.69, 9.17) is 31.2 Å². The van der Waals surface area contributed by atoms with Gasteiger partial charge in [-0.15, -0.1) is 0 Å². The van der Waals surface area contributed by atoms with Crippen molar-refractivity contribution in [2.24, 2.45) is 0 Å². The largest absolute Gasteiger partial charge is 0.489 e. The monoisotopic (exact) mass is 813 g/mol. The van der Waals surface area contributed by atoms with Crippen LogP contribution in [0.2, 0.25) is 5.02 Å². The number of rotatable bonds is 14. The van der Waals surface area contributed by atoms with Crippen molar-refractivity contribution in [3.05, 3.63) is 101 Å². The average molecular weight is 814 g/mol. The third-order valence-electron chi connectivity index (χ3n) is 10.7. The number of carboxylic acid groups (broad SMARTS) is 1. The zero-order valence-corrected chi connectivity index (χ0v) is 31.9. The SMILES string of the molecule is O=C[C@H](OC(=O)c1ccc2c(c1)nc(-c1ccc(OCc3cc(N4CCCC4=O)ccc3-c3ccc(Cl)cc3)cc1F)n2C1CCCCC1)[C@@H](O)[C@H](O)[C@H](O)C(=O)O. The van der Waals surface area contributed by atoms with E-state index in [-0.39, 0.29) is 41.7 Å². The lowest BCUT2D eigenvalue weighted by atomic mass is 9.94. The normalized spacial score (nSPS) is 16.8. The van der Waals surface area contributed by atoms with Crippen LogP contribution < -0.4 is 9.64 Å². The second-order valence-corrected chi connectivity index (χ2v) is 14.9. The van der Waals surface area contributed by atoms with Gasteiger partial charge >= 0.3 is 11.9 Å². The van der Waals surface area contributed by atoms with E-state index in [1.54, 1.807) is 35.2 Å². The van der Waals surface area contributed by atoms with E-state index in [0.717, 1.165) is 60.9 Å². The fourth-order valence-corrected chi connectivity index (χ4v) is 7.78. The van der Waals surface area contributed by atoms with E-state index in [0.29, 0.717) is 34.8 Å². The zero-order chi connectivity index (χ0) is 41.1. The van der Waals surface area contributed by atoms with Crippen molar-refractivity contribution in [1.29, 1.82) is 0 Å². The highest BCUT2D eigenvalue weighted by atomic mass is 35.5. The molecular formula is C43H41ClFN3O10. The maximum atomic E-state index is 16.3. The molecule has 0 bridgehead atoms. The van der Waals surface area contributed by atoms with Crippen molar-refractivity contribution in [2.45, 2.75) is 82.0 Å². The molecule has 7 rings (SSSR count). The van der Waals surface area contributed by atoms with E-state index in [9.17, 15) is 34.5 Å². The Bertz CT molecular complexity index is 2350. The molecule has 1 saturated heterocycles. The number of hydrogen-bond acceptors (Lipinski definition) is 10. The number of halogens is 2. The molecule has 2 heterocycles. The van der Waals surface area contributed by atoms with Crippen LogP contribution >= 0.6 is 11.6 Å². The minimum Gasteiger partial charge on any atom is -0.489 e. The molecule has 1 aliphatic heterocycles. The molecule has 0 unspecified atom stereocenters. The number of anilines is 1. The fourth-order valence-electron chi connectivity index (χ4n) is 7.65. The molecular weight excluding hydrogens is 773 g/mol. The van der Waals surface area contributed by atoms with Gasteiger partial charge in [-0.1, -0.05) is 49.1 Å². The van der Waals surface area contributed by atoms with Crippen molar-refractivity contribution < 1.29 is 53.5 Å². The van der Waals surface area contributed by atoms with Gasteiger partial charge in [0.05, 0.1) is 22.2 Å². The van der Waals surface area contributed by atoms with Crippen LogP contribution in [0.3, 0.4) is 0 Å². The van der Waals surface area contributed by atoms with Crippen LogP contribution in [-0.4, -0.2) is 85.1 Å². The molecule has 1 aromatic heterocycles. The first-order valence-electron chi connectivity index (χ1n) is 19.0. The Kier molecular flexibility index (Phi) is 12.2. The minimum atomic E-state index is -2.44. The molecule has 4 N–H and O–H groups in total. The van der Waals surface area contributed by atoms with Gasteiger partial charge in [-0.2, -0.15) is 0 Å². The van der Waals surface area contributed by atoms with Crippen LogP contribution in [0.5, 0.6) is 5.75 Å². The van der Waals surface area contributed by atoms with Gasteiger partial charge in [0, 0.05) is 35.8 Å². The Labute approximate surface area is 337 Å². The lowest BCUT2D eigenvalue weighted by molar-refractivity contribution is -0.164. The predicted octanol–water partition coefficient (Wildman–Crippen LogP) is 6.27. The molecule has 4 atom stereocenters. The molecule has 13 nitrogen and oxygen atoms in total. The topological polar surface area (TPSA) is 189 Å². The lowest BCUT2D eigenvalue weighted by Crippen LogP contribution is -2.49. The first kappa shape index (κ1) is 40.5.